The second-order valence-electron chi connectivity index (χ2n) is 11.5. The molecule has 1 N–H and O–H groups in total. The minimum atomic E-state index is -4.78. The van der Waals surface area contributed by atoms with Gasteiger partial charge in [-0.25, -0.2) is 4.39 Å². The number of carbonyl (C=O) groups excluding carboxylic acids is 4. The van der Waals surface area contributed by atoms with Gasteiger partial charge in [0, 0.05) is 39.9 Å². The van der Waals surface area contributed by atoms with Crippen LogP contribution in [0.25, 0.3) is 0 Å². The molecule has 2 fully saturated rings. The predicted octanol–water partition coefficient (Wildman–Crippen LogP) is 4.06. The second-order valence-corrected chi connectivity index (χ2v) is 11.5. The van der Waals surface area contributed by atoms with Crippen molar-refractivity contribution in [3.05, 3.63) is 65.0 Å². The van der Waals surface area contributed by atoms with Gasteiger partial charge in [-0.3, -0.25) is 24.1 Å². The number of rotatable bonds is 6. The molecule has 1 unspecified atom stereocenters. The van der Waals surface area contributed by atoms with Crippen molar-refractivity contribution in [1.29, 1.82) is 0 Å². The zero-order chi connectivity index (χ0) is 31.1. The fourth-order valence-electron chi connectivity index (χ4n) is 5.85. The van der Waals surface area contributed by atoms with E-state index in [2.05, 4.69) is 5.32 Å². The Balaban J connectivity index is 1.53. The van der Waals surface area contributed by atoms with Crippen LogP contribution in [0.2, 0.25) is 0 Å². The summed E-state index contributed by atoms with van der Waals surface area (Å²) >= 11 is 0. The molecule has 2 atom stereocenters. The van der Waals surface area contributed by atoms with E-state index in [4.69, 9.17) is 0 Å². The summed E-state index contributed by atoms with van der Waals surface area (Å²) in [6.45, 7) is 3.54. The molecule has 2 aromatic rings. The van der Waals surface area contributed by atoms with Gasteiger partial charge in [0.05, 0.1) is 22.5 Å². The van der Waals surface area contributed by atoms with Crippen LogP contribution in [0.4, 0.5) is 23.2 Å². The van der Waals surface area contributed by atoms with Crippen LogP contribution >= 0.6 is 0 Å². The molecule has 2 heterocycles. The van der Waals surface area contributed by atoms with Gasteiger partial charge >= 0.3 is 6.18 Å². The molecule has 0 radical (unpaired) electrons. The van der Waals surface area contributed by atoms with Crippen LogP contribution in [-0.4, -0.2) is 73.7 Å². The molecule has 2 aliphatic rings. The first-order chi connectivity index (χ1) is 19.6. The molecule has 42 heavy (non-hydrogen) atoms. The average Bonchev–Trinajstić information content (AvgIpc) is 3.11. The number of nitrogens with zero attached hydrogens (tertiary/aromatic N) is 3. The molecule has 2 saturated heterocycles. The highest BCUT2D eigenvalue weighted by Crippen LogP contribution is 2.51. The number of hydrogen-bond acceptors (Lipinski definition) is 5. The topological polar surface area (TPSA) is 90.0 Å². The normalized spacial score (nSPS) is 19.4. The van der Waals surface area contributed by atoms with E-state index in [9.17, 15) is 36.7 Å². The first kappa shape index (κ1) is 31.0. The van der Waals surface area contributed by atoms with Crippen LogP contribution in [0.15, 0.2) is 42.5 Å². The molecule has 0 aliphatic carbocycles. The summed E-state index contributed by atoms with van der Waals surface area (Å²) in [6.07, 6.45) is -4.37. The average molecular weight is 591 g/mol. The fraction of sp³-hybridized carbons (Fsp3) is 0.467. The lowest BCUT2D eigenvalue weighted by Gasteiger charge is -2.41. The number of piperidine rings is 1. The van der Waals surface area contributed by atoms with Gasteiger partial charge in [0.1, 0.15) is 11.9 Å². The number of alkyl halides is 3. The van der Waals surface area contributed by atoms with E-state index in [0.717, 1.165) is 10.6 Å². The zero-order valence-corrected chi connectivity index (χ0v) is 24.1. The van der Waals surface area contributed by atoms with Gasteiger partial charge in [0.25, 0.3) is 5.91 Å². The Kier molecular flexibility index (Phi) is 8.39. The number of nitrogens with one attached hydrogen (secondary N) is 1. The maximum absolute atomic E-state index is 14.3. The largest absolute Gasteiger partial charge is 0.416 e. The molecule has 2 aliphatic heterocycles. The lowest BCUT2D eigenvalue weighted by atomic mass is 9.67. The maximum atomic E-state index is 14.3. The summed E-state index contributed by atoms with van der Waals surface area (Å²) in [4.78, 5) is 57.6. The Morgan fingerprint density at radius 2 is 1.62 bits per heavy atom. The predicted molar refractivity (Wildman–Crippen MR) is 147 cm³/mol. The smallest absolute Gasteiger partial charge is 0.378 e. The van der Waals surface area contributed by atoms with Crippen LogP contribution < -0.4 is 10.2 Å². The SMILES string of the molecule is CC(C)[C@@H](NC(=O)c1cc(C(F)(F)F)ccc1F)C(=O)N1CCC2(CC1)C(=O)N(C)C(=O)C2c1ccc(N(C)C)cc1. The number of likely N-dealkylation sites (N-methyl/N-ethyl adjacent to an activating group) is 1. The molecule has 1 spiro atoms. The van der Waals surface area contributed by atoms with Crippen LogP contribution in [0.1, 0.15) is 54.1 Å². The molecule has 2 aromatic carbocycles. The minimum absolute atomic E-state index is 0.120. The molecule has 0 aromatic heterocycles. The third-order valence-corrected chi connectivity index (χ3v) is 8.33. The Bertz CT molecular complexity index is 1380. The van der Waals surface area contributed by atoms with Gasteiger partial charge in [-0.2, -0.15) is 13.2 Å². The Labute approximate surface area is 241 Å². The standard InChI is InChI=1S/C30H34F4N4O4/c1-17(2)24(35-25(39)21-16-19(30(32,33)34)8-11-22(21)31)27(41)38-14-12-29(13-15-38)23(26(40)37(5)28(29)42)18-6-9-20(10-7-18)36(3)4/h6-11,16-17,23-24H,12-15H2,1-5H3,(H,35,39)/t23?,24-/m1/s1. The minimum Gasteiger partial charge on any atom is -0.378 e. The highest BCUT2D eigenvalue weighted by Gasteiger charge is 2.59. The number of halogens is 4. The number of amides is 4. The van der Waals surface area contributed by atoms with E-state index in [1.165, 1.54) is 11.9 Å². The van der Waals surface area contributed by atoms with E-state index >= 15 is 0 Å². The lowest BCUT2D eigenvalue weighted by molar-refractivity contribution is -0.144. The van der Waals surface area contributed by atoms with Gasteiger partial charge in [-0.1, -0.05) is 26.0 Å². The highest BCUT2D eigenvalue weighted by atomic mass is 19.4. The van der Waals surface area contributed by atoms with Crippen molar-refractivity contribution < 1.29 is 36.7 Å². The van der Waals surface area contributed by atoms with Crippen molar-refractivity contribution in [2.24, 2.45) is 11.3 Å². The third kappa shape index (κ3) is 5.58. The lowest BCUT2D eigenvalue weighted by Crippen LogP contribution is -2.55. The van der Waals surface area contributed by atoms with Crippen LogP contribution in [0.5, 0.6) is 0 Å². The molecule has 12 heteroatoms. The maximum Gasteiger partial charge on any atom is 0.416 e. The van der Waals surface area contributed by atoms with E-state index in [-0.39, 0.29) is 37.7 Å². The second kappa shape index (κ2) is 11.4. The van der Waals surface area contributed by atoms with E-state index in [1.807, 2.05) is 43.3 Å². The number of anilines is 1. The van der Waals surface area contributed by atoms with E-state index in [0.29, 0.717) is 23.8 Å². The summed E-state index contributed by atoms with van der Waals surface area (Å²) in [6, 6.07) is 7.79. The molecule has 4 rings (SSSR count). The molecule has 8 nitrogen and oxygen atoms in total. The van der Waals surface area contributed by atoms with Crippen LogP contribution in [0, 0.1) is 17.2 Å². The van der Waals surface area contributed by atoms with Crippen molar-refractivity contribution in [1.82, 2.24) is 15.1 Å². The summed E-state index contributed by atoms with van der Waals surface area (Å²) < 4.78 is 53.8. The zero-order valence-electron chi connectivity index (χ0n) is 24.1. The van der Waals surface area contributed by atoms with Gasteiger partial charge in [0.15, 0.2) is 0 Å². The van der Waals surface area contributed by atoms with E-state index < -0.39 is 58.2 Å². The van der Waals surface area contributed by atoms with Gasteiger partial charge in [-0.05, 0) is 54.7 Å². The number of benzene rings is 2. The summed E-state index contributed by atoms with van der Waals surface area (Å²) in [5, 5.41) is 2.41. The molecular formula is C30H34F4N4O4. The fourth-order valence-corrected chi connectivity index (χ4v) is 5.85. The van der Waals surface area contributed by atoms with Crippen molar-refractivity contribution in [2.75, 3.05) is 39.1 Å². The van der Waals surface area contributed by atoms with E-state index in [1.54, 1.807) is 13.8 Å². The Morgan fingerprint density at radius 3 is 2.14 bits per heavy atom. The molecule has 0 saturated carbocycles. The van der Waals surface area contributed by atoms with Gasteiger partial charge in [0.2, 0.25) is 17.7 Å². The van der Waals surface area contributed by atoms with Crippen molar-refractivity contribution in [3.8, 4) is 0 Å². The number of likely N-dealkylation sites (tertiary alicyclic amines) is 2. The van der Waals surface area contributed by atoms with Crippen molar-refractivity contribution in [3.63, 3.8) is 0 Å². The monoisotopic (exact) mass is 590 g/mol. The number of imide groups is 1. The summed E-state index contributed by atoms with van der Waals surface area (Å²) in [7, 11) is 5.24. The number of hydrogen-bond donors (Lipinski definition) is 1. The van der Waals surface area contributed by atoms with Crippen LogP contribution in [-0.2, 0) is 20.6 Å². The summed E-state index contributed by atoms with van der Waals surface area (Å²) in [5.41, 5.74) is -1.40. The Hall–Kier alpha value is -3.96. The Morgan fingerprint density at radius 1 is 1.02 bits per heavy atom. The highest BCUT2D eigenvalue weighted by molar-refractivity contribution is 6.10. The van der Waals surface area contributed by atoms with Gasteiger partial charge < -0.3 is 15.1 Å². The molecule has 226 valence electrons. The molecule has 4 amide bonds. The molecule has 0 bridgehead atoms. The first-order valence-electron chi connectivity index (χ1n) is 13.6. The number of carbonyl (C=O) groups is 4. The van der Waals surface area contributed by atoms with Gasteiger partial charge in [-0.15, -0.1) is 0 Å². The van der Waals surface area contributed by atoms with Crippen molar-refractivity contribution >= 4 is 29.3 Å². The third-order valence-electron chi connectivity index (χ3n) is 8.33. The summed E-state index contributed by atoms with van der Waals surface area (Å²) in [5.74, 6) is -4.60. The van der Waals surface area contributed by atoms with Crippen molar-refractivity contribution in [2.45, 2.75) is 44.8 Å². The molecular weight excluding hydrogens is 556 g/mol. The quantitative estimate of drug-likeness (QED) is 0.405. The van der Waals surface area contributed by atoms with Crippen LogP contribution in [0.3, 0.4) is 0 Å². The first-order valence-corrected chi connectivity index (χ1v) is 13.6.